The molecule has 0 aromatic heterocycles. The molecule has 1 amide bonds. The summed E-state index contributed by atoms with van der Waals surface area (Å²) in [6.45, 7) is 6.61. The van der Waals surface area contributed by atoms with E-state index in [0.29, 0.717) is 18.9 Å². The van der Waals surface area contributed by atoms with E-state index in [1.165, 1.54) is 0 Å². The summed E-state index contributed by atoms with van der Waals surface area (Å²) in [7, 11) is 0. The van der Waals surface area contributed by atoms with Gasteiger partial charge in [0.25, 0.3) is 0 Å². The van der Waals surface area contributed by atoms with E-state index in [9.17, 15) is 4.79 Å². The minimum Gasteiger partial charge on any atom is -0.273 e. The summed E-state index contributed by atoms with van der Waals surface area (Å²) in [4.78, 5) is 15.7. The summed E-state index contributed by atoms with van der Waals surface area (Å²) < 4.78 is 0. The van der Waals surface area contributed by atoms with Crippen molar-refractivity contribution in [1.82, 2.24) is 5.48 Å². The van der Waals surface area contributed by atoms with Gasteiger partial charge in [0.1, 0.15) is 0 Å². The third-order valence-electron chi connectivity index (χ3n) is 1.08. The molecule has 0 saturated heterocycles. The van der Waals surface area contributed by atoms with Crippen molar-refractivity contribution < 1.29 is 9.63 Å². The molecule has 0 fully saturated rings. The molecule has 66 valence electrons. The molecule has 0 aromatic rings. The highest BCUT2D eigenvalue weighted by Gasteiger charge is 1.98. The lowest BCUT2D eigenvalue weighted by Gasteiger charge is -2.06. The molecule has 3 heteroatoms. The van der Waals surface area contributed by atoms with E-state index in [1.54, 1.807) is 0 Å². The Hall–Kier alpha value is -0.570. The number of hydrogen-bond acceptors (Lipinski definition) is 2. The average Bonchev–Trinajstić information content (AvgIpc) is 1.87. The Labute approximate surface area is 68.1 Å². The van der Waals surface area contributed by atoms with E-state index in [2.05, 4.69) is 5.48 Å². The van der Waals surface area contributed by atoms with Gasteiger partial charge in [0, 0.05) is 6.42 Å². The van der Waals surface area contributed by atoms with Crippen LogP contribution in [0.1, 0.15) is 33.6 Å². The molecule has 1 N–H and O–H groups in total. The SMILES string of the molecule is CCCC(=O)NOCC(C)C. The van der Waals surface area contributed by atoms with E-state index in [4.69, 9.17) is 4.84 Å². The zero-order chi connectivity index (χ0) is 8.69. The molecule has 11 heavy (non-hydrogen) atoms. The number of rotatable bonds is 5. The first-order valence-electron chi connectivity index (χ1n) is 4.07. The number of carbonyl (C=O) groups is 1. The molecular formula is C8H17NO2. The van der Waals surface area contributed by atoms with Gasteiger partial charge in [-0.25, -0.2) is 5.48 Å². The monoisotopic (exact) mass is 159 g/mol. The van der Waals surface area contributed by atoms with Gasteiger partial charge in [-0.2, -0.15) is 0 Å². The molecule has 0 radical (unpaired) electrons. The topological polar surface area (TPSA) is 38.3 Å². The van der Waals surface area contributed by atoms with Gasteiger partial charge in [-0.1, -0.05) is 20.8 Å². The van der Waals surface area contributed by atoms with E-state index in [0.717, 1.165) is 6.42 Å². The van der Waals surface area contributed by atoms with Gasteiger partial charge in [-0.15, -0.1) is 0 Å². The largest absolute Gasteiger partial charge is 0.273 e. The predicted molar refractivity (Wildman–Crippen MR) is 43.8 cm³/mol. The van der Waals surface area contributed by atoms with Gasteiger partial charge in [0.15, 0.2) is 0 Å². The van der Waals surface area contributed by atoms with Crippen molar-refractivity contribution in [3.8, 4) is 0 Å². The molecule has 0 unspecified atom stereocenters. The first-order valence-corrected chi connectivity index (χ1v) is 4.07. The maximum atomic E-state index is 10.8. The van der Waals surface area contributed by atoms with E-state index in [1.807, 2.05) is 20.8 Å². The summed E-state index contributed by atoms with van der Waals surface area (Å²) in [6.07, 6.45) is 1.40. The van der Waals surface area contributed by atoms with Crippen molar-refractivity contribution in [3.63, 3.8) is 0 Å². The highest BCUT2D eigenvalue weighted by atomic mass is 16.6. The summed E-state index contributed by atoms with van der Waals surface area (Å²) in [5, 5.41) is 0. The molecule has 0 aliphatic rings. The van der Waals surface area contributed by atoms with Crippen LogP contribution in [-0.2, 0) is 9.63 Å². The second-order valence-electron chi connectivity index (χ2n) is 2.98. The van der Waals surface area contributed by atoms with Gasteiger partial charge in [0.05, 0.1) is 6.61 Å². The molecule has 0 spiro atoms. The van der Waals surface area contributed by atoms with E-state index in [-0.39, 0.29) is 5.91 Å². The van der Waals surface area contributed by atoms with Crippen molar-refractivity contribution in [2.75, 3.05) is 6.61 Å². The minimum absolute atomic E-state index is 0.0341. The fourth-order valence-corrected chi connectivity index (χ4v) is 0.567. The molecular weight excluding hydrogens is 142 g/mol. The highest BCUT2D eigenvalue weighted by Crippen LogP contribution is 1.91. The lowest BCUT2D eigenvalue weighted by atomic mass is 10.2. The molecule has 0 heterocycles. The summed E-state index contributed by atoms with van der Waals surface area (Å²) >= 11 is 0. The Morgan fingerprint density at radius 1 is 1.55 bits per heavy atom. The molecule has 0 aromatic carbocycles. The van der Waals surface area contributed by atoms with Gasteiger partial charge in [-0.05, 0) is 12.3 Å². The maximum absolute atomic E-state index is 10.8. The van der Waals surface area contributed by atoms with Crippen LogP contribution in [0.25, 0.3) is 0 Å². The smallest absolute Gasteiger partial charge is 0.243 e. The Bertz CT molecular complexity index is 113. The van der Waals surface area contributed by atoms with Crippen LogP contribution in [0.5, 0.6) is 0 Å². The molecule has 0 aliphatic carbocycles. The Kier molecular flexibility index (Phi) is 5.84. The van der Waals surface area contributed by atoms with E-state index >= 15 is 0 Å². The van der Waals surface area contributed by atoms with Crippen molar-refractivity contribution in [2.45, 2.75) is 33.6 Å². The number of carbonyl (C=O) groups excluding carboxylic acids is 1. The minimum atomic E-state index is -0.0341. The van der Waals surface area contributed by atoms with Gasteiger partial charge < -0.3 is 0 Å². The zero-order valence-corrected chi connectivity index (χ0v) is 7.52. The molecule has 0 bridgehead atoms. The molecule has 0 rings (SSSR count). The summed E-state index contributed by atoms with van der Waals surface area (Å²) in [6, 6.07) is 0. The fraction of sp³-hybridized carbons (Fsp3) is 0.875. The van der Waals surface area contributed by atoms with Crippen LogP contribution in [0.2, 0.25) is 0 Å². The summed E-state index contributed by atoms with van der Waals surface area (Å²) in [5.74, 6) is 0.421. The predicted octanol–water partition coefficient (Wildman–Crippen LogP) is 1.49. The Morgan fingerprint density at radius 2 is 2.18 bits per heavy atom. The normalized spacial score (nSPS) is 10.2. The standard InChI is InChI=1S/C8H17NO2/c1-4-5-8(10)9-11-6-7(2)3/h7H,4-6H2,1-3H3,(H,9,10). The third kappa shape index (κ3) is 7.33. The highest BCUT2D eigenvalue weighted by molar-refractivity contribution is 5.74. The van der Waals surface area contributed by atoms with Crippen molar-refractivity contribution in [2.24, 2.45) is 5.92 Å². The van der Waals surface area contributed by atoms with Crippen LogP contribution in [0.4, 0.5) is 0 Å². The number of amides is 1. The molecule has 0 aliphatic heterocycles. The lowest BCUT2D eigenvalue weighted by Crippen LogP contribution is -2.24. The molecule has 0 atom stereocenters. The van der Waals surface area contributed by atoms with Crippen LogP contribution in [0.15, 0.2) is 0 Å². The zero-order valence-electron chi connectivity index (χ0n) is 7.52. The summed E-state index contributed by atoms with van der Waals surface area (Å²) in [5.41, 5.74) is 2.38. The van der Waals surface area contributed by atoms with Crippen molar-refractivity contribution in [3.05, 3.63) is 0 Å². The second kappa shape index (κ2) is 6.16. The number of nitrogens with one attached hydrogen (secondary N) is 1. The van der Waals surface area contributed by atoms with Gasteiger partial charge in [0.2, 0.25) is 5.91 Å². The number of hydrogen-bond donors (Lipinski definition) is 1. The third-order valence-corrected chi connectivity index (χ3v) is 1.08. The van der Waals surface area contributed by atoms with Crippen LogP contribution >= 0.6 is 0 Å². The van der Waals surface area contributed by atoms with Crippen LogP contribution in [0.3, 0.4) is 0 Å². The van der Waals surface area contributed by atoms with Crippen LogP contribution in [0, 0.1) is 5.92 Å². The molecule has 0 saturated carbocycles. The van der Waals surface area contributed by atoms with Gasteiger partial charge >= 0.3 is 0 Å². The Balaban J connectivity index is 3.17. The van der Waals surface area contributed by atoms with Gasteiger partial charge in [-0.3, -0.25) is 9.63 Å². The maximum Gasteiger partial charge on any atom is 0.243 e. The first kappa shape index (κ1) is 10.4. The number of hydroxylamine groups is 1. The van der Waals surface area contributed by atoms with Crippen molar-refractivity contribution >= 4 is 5.91 Å². The average molecular weight is 159 g/mol. The van der Waals surface area contributed by atoms with Crippen LogP contribution < -0.4 is 5.48 Å². The lowest BCUT2D eigenvalue weighted by molar-refractivity contribution is -0.134. The quantitative estimate of drug-likeness (QED) is 0.617. The molecule has 3 nitrogen and oxygen atoms in total. The van der Waals surface area contributed by atoms with Crippen LogP contribution in [-0.4, -0.2) is 12.5 Å². The fourth-order valence-electron chi connectivity index (χ4n) is 0.567. The van der Waals surface area contributed by atoms with E-state index < -0.39 is 0 Å². The van der Waals surface area contributed by atoms with Crippen molar-refractivity contribution in [1.29, 1.82) is 0 Å². The second-order valence-corrected chi connectivity index (χ2v) is 2.98. The Morgan fingerprint density at radius 3 is 2.64 bits per heavy atom. The first-order chi connectivity index (χ1) is 5.16.